The van der Waals surface area contributed by atoms with Gasteiger partial charge in [0.2, 0.25) is 4.77 Å². The Hall–Kier alpha value is -2.51. The van der Waals surface area contributed by atoms with Gasteiger partial charge in [-0.1, -0.05) is 0 Å². The zero-order valence-corrected chi connectivity index (χ0v) is 15.4. The zero-order chi connectivity index (χ0) is 17.9. The fourth-order valence-electron chi connectivity index (χ4n) is 2.89. The van der Waals surface area contributed by atoms with Crippen LogP contribution in [0.4, 0.5) is 0 Å². The minimum absolute atomic E-state index is 0.556. The lowest BCUT2D eigenvalue weighted by atomic mass is 10.2. The summed E-state index contributed by atoms with van der Waals surface area (Å²) in [5.41, 5.74) is 1.26. The van der Waals surface area contributed by atoms with Crippen molar-refractivity contribution in [1.29, 1.82) is 0 Å². The number of pyridine rings is 1. The number of aromatic nitrogens is 4. The molecule has 3 aromatic heterocycles. The average Bonchev–Trinajstić information content (AvgIpc) is 3.32. The SMILES string of the molecule is Cc1ccc(/C=C/c2nc(=S)n(CN(Cc3ccncc3)C3CC3)[nH]2)o1. The topological polar surface area (TPSA) is 62.9 Å². The molecular weight excluding hydrogens is 346 g/mol. The van der Waals surface area contributed by atoms with Crippen molar-refractivity contribution >= 4 is 24.4 Å². The number of aromatic amines is 1. The van der Waals surface area contributed by atoms with E-state index >= 15 is 0 Å². The van der Waals surface area contributed by atoms with E-state index in [1.54, 1.807) is 0 Å². The molecule has 0 saturated heterocycles. The molecule has 3 heterocycles. The van der Waals surface area contributed by atoms with E-state index in [1.807, 2.05) is 48.3 Å². The molecule has 1 fully saturated rings. The highest BCUT2D eigenvalue weighted by molar-refractivity contribution is 7.71. The Labute approximate surface area is 157 Å². The van der Waals surface area contributed by atoms with Crippen LogP contribution in [-0.4, -0.2) is 30.7 Å². The summed E-state index contributed by atoms with van der Waals surface area (Å²) in [6, 6.07) is 8.59. The third-order valence-corrected chi connectivity index (χ3v) is 4.70. The summed E-state index contributed by atoms with van der Waals surface area (Å²) in [7, 11) is 0. The lowest BCUT2D eigenvalue weighted by Crippen LogP contribution is -2.29. The van der Waals surface area contributed by atoms with Crippen LogP contribution in [0.15, 0.2) is 41.1 Å². The molecule has 1 aliphatic rings. The van der Waals surface area contributed by atoms with Crippen LogP contribution in [-0.2, 0) is 13.2 Å². The molecule has 0 bridgehead atoms. The lowest BCUT2D eigenvalue weighted by molar-refractivity contribution is 0.186. The first-order valence-corrected chi connectivity index (χ1v) is 9.12. The summed E-state index contributed by atoms with van der Waals surface area (Å²) in [6.45, 7) is 3.51. The fourth-order valence-corrected chi connectivity index (χ4v) is 3.09. The number of rotatable bonds is 7. The summed E-state index contributed by atoms with van der Waals surface area (Å²) < 4.78 is 8.01. The number of nitrogens with zero attached hydrogens (tertiary/aromatic N) is 4. The molecule has 0 radical (unpaired) electrons. The van der Waals surface area contributed by atoms with Gasteiger partial charge in [0.05, 0.1) is 6.67 Å². The van der Waals surface area contributed by atoms with Crippen molar-refractivity contribution < 1.29 is 4.42 Å². The van der Waals surface area contributed by atoms with Gasteiger partial charge in [0.1, 0.15) is 17.3 Å². The van der Waals surface area contributed by atoms with Gasteiger partial charge >= 0.3 is 0 Å². The van der Waals surface area contributed by atoms with E-state index in [9.17, 15) is 0 Å². The smallest absolute Gasteiger partial charge is 0.217 e. The number of H-pyrrole nitrogens is 1. The molecule has 0 amide bonds. The normalized spacial score (nSPS) is 14.5. The number of hydrogen-bond donors (Lipinski definition) is 1. The Bertz CT molecular complexity index is 952. The molecule has 3 aromatic rings. The average molecular weight is 367 g/mol. The third kappa shape index (κ3) is 4.17. The monoisotopic (exact) mass is 367 g/mol. The van der Waals surface area contributed by atoms with Gasteiger partial charge in [-0.25, -0.2) is 4.68 Å². The highest BCUT2D eigenvalue weighted by Crippen LogP contribution is 2.28. The molecule has 1 aliphatic carbocycles. The summed E-state index contributed by atoms with van der Waals surface area (Å²) in [6.07, 6.45) is 9.91. The van der Waals surface area contributed by atoms with Gasteiger partial charge in [0.15, 0.2) is 0 Å². The maximum absolute atomic E-state index is 5.54. The van der Waals surface area contributed by atoms with E-state index in [-0.39, 0.29) is 0 Å². The minimum Gasteiger partial charge on any atom is -0.462 e. The van der Waals surface area contributed by atoms with Crippen molar-refractivity contribution in [2.45, 2.75) is 39.0 Å². The highest BCUT2D eigenvalue weighted by atomic mass is 32.1. The van der Waals surface area contributed by atoms with Gasteiger partial charge in [-0.2, -0.15) is 4.98 Å². The van der Waals surface area contributed by atoms with Crippen molar-refractivity contribution in [3.8, 4) is 0 Å². The van der Waals surface area contributed by atoms with Crippen LogP contribution in [0.2, 0.25) is 0 Å². The summed E-state index contributed by atoms with van der Waals surface area (Å²) in [4.78, 5) is 10.9. The quantitative estimate of drug-likeness (QED) is 0.639. The minimum atomic E-state index is 0.556. The van der Waals surface area contributed by atoms with Gasteiger partial charge in [-0.05, 0) is 74.0 Å². The number of hydrogen-bond acceptors (Lipinski definition) is 5. The van der Waals surface area contributed by atoms with E-state index in [2.05, 4.69) is 32.1 Å². The van der Waals surface area contributed by atoms with Crippen LogP contribution in [0.1, 0.15) is 35.7 Å². The molecule has 0 spiro atoms. The third-order valence-electron chi connectivity index (χ3n) is 4.38. The van der Waals surface area contributed by atoms with Gasteiger partial charge in [-0.15, -0.1) is 0 Å². The fraction of sp³-hybridized carbons (Fsp3) is 0.316. The van der Waals surface area contributed by atoms with Crippen molar-refractivity contribution in [2.24, 2.45) is 0 Å². The molecule has 26 heavy (non-hydrogen) atoms. The standard InChI is InChI=1S/C19H21N5OS/c1-14-2-5-17(25-14)6-7-18-21-19(26)24(22-18)13-23(16-3-4-16)12-15-8-10-20-11-9-15/h2,5-11,16H,3-4,12-13H2,1H3,(H,21,22,26)/b7-6+. The molecule has 1 N–H and O–H groups in total. The van der Waals surface area contributed by atoms with Crippen LogP contribution in [0.3, 0.4) is 0 Å². The Morgan fingerprint density at radius 1 is 1.27 bits per heavy atom. The van der Waals surface area contributed by atoms with Crippen molar-refractivity contribution in [3.05, 3.63) is 64.3 Å². The zero-order valence-electron chi connectivity index (χ0n) is 14.6. The van der Waals surface area contributed by atoms with Crippen LogP contribution in [0.25, 0.3) is 12.2 Å². The predicted molar refractivity (Wildman–Crippen MR) is 103 cm³/mol. The molecule has 0 aliphatic heterocycles. The van der Waals surface area contributed by atoms with Crippen LogP contribution in [0.5, 0.6) is 0 Å². The van der Waals surface area contributed by atoms with E-state index in [0.29, 0.717) is 17.5 Å². The second-order valence-corrected chi connectivity index (χ2v) is 6.94. The highest BCUT2D eigenvalue weighted by Gasteiger charge is 2.29. The Kier molecular flexibility index (Phi) is 4.81. The molecule has 134 valence electrons. The van der Waals surface area contributed by atoms with Gasteiger partial charge in [0.25, 0.3) is 0 Å². The molecule has 7 heteroatoms. The molecular formula is C19H21N5OS. The van der Waals surface area contributed by atoms with Crippen LogP contribution in [0, 0.1) is 11.7 Å². The number of nitrogens with one attached hydrogen (secondary N) is 1. The van der Waals surface area contributed by atoms with Gasteiger partial charge in [0, 0.05) is 25.0 Å². The van der Waals surface area contributed by atoms with Crippen molar-refractivity contribution in [2.75, 3.05) is 0 Å². The molecule has 0 unspecified atom stereocenters. The predicted octanol–water partition coefficient (Wildman–Crippen LogP) is 4.03. The maximum Gasteiger partial charge on any atom is 0.217 e. The van der Waals surface area contributed by atoms with E-state index in [1.165, 1.54) is 18.4 Å². The first-order valence-electron chi connectivity index (χ1n) is 8.72. The molecule has 4 rings (SSSR count). The summed E-state index contributed by atoms with van der Waals surface area (Å²) >= 11 is 5.42. The molecule has 0 aromatic carbocycles. The maximum atomic E-state index is 5.54. The first kappa shape index (κ1) is 16.9. The summed E-state index contributed by atoms with van der Waals surface area (Å²) in [5, 5.41) is 3.28. The van der Waals surface area contributed by atoms with Crippen molar-refractivity contribution in [3.63, 3.8) is 0 Å². The Morgan fingerprint density at radius 3 is 2.77 bits per heavy atom. The largest absolute Gasteiger partial charge is 0.462 e. The second kappa shape index (κ2) is 7.39. The number of furan rings is 1. The first-order chi connectivity index (χ1) is 12.7. The molecule has 0 atom stereocenters. The summed E-state index contributed by atoms with van der Waals surface area (Å²) in [5.74, 6) is 2.41. The Balaban J connectivity index is 1.47. The van der Waals surface area contributed by atoms with Gasteiger partial charge < -0.3 is 4.42 Å². The Morgan fingerprint density at radius 2 is 2.08 bits per heavy atom. The molecule has 6 nitrogen and oxygen atoms in total. The van der Waals surface area contributed by atoms with Gasteiger partial charge in [-0.3, -0.25) is 15.0 Å². The number of aryl methyl sites for hydroxylation is 1. The second-order valence-electron chi connectivity index (χ2n) is 6.58. The van der Waals surface area contributed by atoms with E-state index in [0.717, 1.165) is 23.9 Å². The van der Waals surface area contributed by atoms with E-state index in [4.69, 9.17) is 16.6 Å². The van der Waals surface area contributed by atoms with E-state index < -0.39 is 0 Å². The lowest BCUT2D eigenvalue weighted by Gasteiger charge is -2.22. The van der Waals surface area contributed by atoms with Crippen LogP contribution < -0.4 is 0 Å². The molecule has 1 saturated carbocycles. The van der Waals surface area contributed by atoms with Crippen LogP contribution >= 0.6 is 12.2 Å². The van der Waals surface area contributed by atoms with Crippen molar-refractivity contribution in [1.82, 2.24) is 24.6 Å².